The number of ether oxygens (including phenoxy) is 1. The van der Waals surface area contributed by atoms with E-state index in [2.05, 4.69) is 10.0 Å². The van der Waals surface area contributed by atoms with Gasteiger partial charge < -0.3 is 10.1 Å². The number of carbonyl (C=O) groups excluding carboxylic acids is 1. The second-order valence-electron chi connectivity index (χ2n) is 6.38. The van der Waals surface area contributed by atoms with Crippen LogP contribution in [-0.4, -0.2) is 33.5 Å². The molecule has 2 aromatic rings. The molecule has 0 aromatic heterocycles. The van der Waals surface area contributed by atoms with Gasteiger partial charge in [0.05, 0.1) is 11.4 Å². The molecule has 0 aliphatic carbocycles. The summed E-state index contributed by atoms with van der Waals surface area (Å²) in [5.41, 5.74) is 1.50. The van der Waals surface area contributed by atoms with Crippen LogP contribution in [0.3, 0.4) is 0 Å². The number of aryl methyl sites for hydroxylation is 1. The molecule has 0 aliphatic heterocycles. The highest BCUT2D eigenvalue weighted by atomic mass is 32.2. The Kier molecular flexibility index (Phi) is 7.38. The molecule has 0 bridgehead atoms. The van der Waals surface area contributed by atoms with Crippen molar-refractivity contribution in [2.45, 2.75) is 38.1 Å². The molecular formula is C20H26N2O4S. The molecular weight excluding hydrogens is 364 g/mol. The van der Waals surface area contributed by atoms with Crippen LogP contribution in [0.4, 0.5) is 0 Å². The number of hydrogen-bond acceptors (Lipinski definition) is 4. The summed E-state index contributed by atoms with van der Waals surface area (Å²) in [6.07, 6.45) is 0.699. The van der Waals surface area contributed by atoms with Crippen LogP contribution in [0.25, 0.3) is 0 Å². The molecule has 0 saturated carbocycles. The first kappa shape index (κ1) is 20.9. The lowest BCUT2D eigenvalue weighted by molar-refractivity contribution is 0.0947. The van der Waals surface area contributed by atoms with Crippen molar-refractivity contribution >= 4 is 15.9 Å². The van der Waals surface area contributed by atoms with Crippen LogP contribution in [0.15, 0.2) is 53.4 Å². The molecule has 146 valence electrons. The van der Waals surface area contributed by atoms with E-state index in [9.17, 15) is 13.2 Å². The maximum Gasteiger partial charge on any atom is 0.251 e. The largest absolute Gasteiger partial charge is 0.492 e. The highest BCUT2D eigenvalue weighted by molar-refractivity contribution is 7.89. The van der Waals surface area contributed by atoms with Crippen molar-refractivity contribution in [3.8, 4) is 5.75 Å². The zero-order chi connectivity index (χ0) is 19.9. The smallest absolute Gasteiger partial charge is 0.251 e. The summed E-state index contributed by atoms with van der Waals surface area (Å²) in [5, 5.41) is 2.75. The van der Waals surface area contributed by atoms with Gasteiger partial charge in [-0.2, -0.15) is 0 Å². The molecule has 1 amide bonds. The quantitative estimate of drug-likeness (QED) is 0.645. The fourth-order valence-corrected chi connectivity index (χ4v) is 3.67. The predicted octanol–water partition coefficient (Wildman–Crippen LogP) is 2.88. The topological polar surface area (TPSA) is 84.5 Å². The van der Waals surface area contributed by atoms with Gasteiger partial charge in [-0.3, -0.25) is 4.79 Å². The summed E-state index contributed by atoms with van der Waals surface area (Å²) < 4.78 is 32.6. The number of carbonyl (C=O) groups is 1. The minimum Gasteiger partial charge on any atom is -0.492 e. The lowest BCUT2D eigenvalue weighted by atomic mass is 10.2. The lowest BCUT2D eigenvalue weighted by Gasteiger charge is -2.12. The van der Waals surface area contributed by atoms with Crippen LogP contribution in [-0.2, 0) is 10.0 Å². The molecule has 2 rings (SSSR count). The van der Waals surface area contributed by atoms with E-state index in [0.717, 1.165) is 11.3 Å². The molecule has 7 heteroatoms. The minimum atomic E-state index is -3.57. The fraction of sp³-hybridized carbons (Fsp3) is 0.350. The Balaban J connectivity index is 1.86. The summed E-state index contributed by atoms with van der Waals surface area (Å²) in [7, 11) is -3.57. The number of amides is 1. The van der Waals surface area contributed by atoms with Crippen LogP contribution < -0.4 is 14.8 Å². The molecule has 0 aliphatic rings. The normalized spacial score (nSPS) is 12.4. The average Bonchev–Trinajstić information content (AvgIpc) is 2.65. The van der Waals surface area contributed by atoms with E-state index in [1.54, 1.807) is 6.92 Å². The van der Waals surface area contributed by atoms with Crippen molar-refractivity contribution in [3.63, 3.8) is 0 Å². The van der Waals surface area contributed by atoms with E-state index in [-0.39, 0.29) is 16.8 Å². The average molecular weight is 391 g/mol. The molecule has 0 radical (unpaired) electrons. The zero-order valence-corrected chi connectivity index (χ0v) is 16.7. The first-order valence-corrected chi connectivity index (χ1v) is 10.4. The number of rotatable bonds is 9. The molecule has 2 N–H and O–H groups in total. The van der Waals surface area contributed by atoms with Crippen molar-refractivity contribution in [1.29, 1.82) is 0 Å². The highest BCUT2D eigenvalue weighted by Crippen LogP contribution is 2.13. The van der Waals surface area contributed by atoms with Gasteiger partial charge in [0, 0.05) is 11.6 Å². The molecule has 0 fully saturated rings. The lowest BCUT2D eigenvalue weighted by Crippen LogP contribution is -2.32. The number of hydrogen-bond donors (Lipinski definition) is 2. The van der Waals surface area contributed by atoms with E-state index < -0.39 is 10.0 Å². The molecule has 27 heavy (non-hydrogen) atoms. The third-order valence-corrected chi connectivity index (χ3v) is 5.65. The minimum absolute atomic E-state index is 0.141. The number of nitrogens with one attached hydrogen (secondary N) is 2. The van der Waals surface area contributed by atoms with Crippen LogP contribution in [0.1, 0.15) is 36.2 Å². The maximum atomic E-state index is 12.2. The summed E-state index contributed by atoms with van der Waals surface area (Å²) in [4.78, 5) is 12.3. The third-order valence-electron chi connectivity index (χ3n) is 4.04. The van der Waals surface area contributed by atoms with Gasteiger partial charge in [-0.25, -0.2) is 13.1 Å². The Bertz CT molecular complexity index is 864. The van der Waals surface area contributed by atoms with E-state index in [4.69, 9.17) is 4.74 Å². The SMILES string of the molecule is CCC(C)NS(=O)(=O)c1ccc(C(=O)NCCOc2cccc(C)c2)cc1. The van der Waals surface area contributed by atoms with Crippen LogP contribution in [0.2, 0.25) is 0 Å². The first-order chi connectivity index (χ1) is 12.8. The molecule has 2 aromatic carbocycles. The van der Waals surface area contributed by atoms with E-state index in [0.29, 0.717) is 25.1 Å². The maximum absolute atomic E-state index is 12.2. The van der Waals surface area contributed by atoms with E-state index in [1.807, 2.05) is 38.1 Å². The highest BCUT2D eigenvalue weighted by Gasteiger charge is 2.17. The Hall–Kier alpha value is -2.38. The van der Waals surface area contributed by atoms with Crippen molar-refractivity contribution in [3.05, 3.63) is 59.7 Å². The van der Waals surface area contributed by atoms with Crippen LogP contribution in [0, 0.1) is 6.92 Å². The van der Waals surface area contributed by atoms with Gasteiger partial charge in [-0.15, -0.1) is 0 Å². The Labute approximate surface area is 161 Å². The molecule has 1 atom stereocenters. The summed E-state index contributed by atoms with van der Waals surface area (Å²) in [6, 6.07) is 13.4. The van der Waals surface area contributed by atoms with Crippen molar-refractivity contribution in [2.24, 2.45) is 0 Å². The third kappa shape index (κ3) is 6.37. The van der Waals surface area contributed by atoms with Crippen molar-refractivity contribution < 1.29 is 17.9 Å². The van der Waals surface area contributed by atoms with Gasteiger partial charge >= 0.3 is 0 Å². The zero-order valence-electron chi connectivity index (χ0n) is 15.9. The Morgan fingerprint density at radius 3 is 2.48 bits per heavy atom. The predicted molar refractivity (Wildman–Crippen MR) is 106 cm³/mol. The fourth-order valence-electron chi connectivity index (χ4n) is 2.34. The number of benzene rings is 2. The van der Waals surface area contributed by atoms with Crippen LogP contribution in [0.5, 0.6) is 5.75 Å². The van der Waals surface area contributed by atoms with Gasteiger partial charge in [0.25, 0.3) is 5.91 Å². The standard InChI is InChI=1S/C20H26N2O4S/c1-4-16(3)22-27(24,25)19-10-8-17(9-11-19)20(23)21-12-13-26-18-7-5-6-15(2)14-18/h5-11,14,16,22H,4,12-13H2,1-3H3,(H,21,23). The van der Waals surface area contributed by atoms with Gasteiger partial charge in [0.2, 0.25) is 10.0 Å². The summed E-state index contributed by atoms with van der Waals surface area (Å²) in [6.45, 7) is 6.39. The summed E-state index contributed by atoms with van der Waals surface area (Å²) in [5.74, 6) is 0.481. The second kappa shape index (κ2) is 9.53. The Morgan fingerprint density at radius 1 is 1.15 bits per heavy atom. The first-order valence-electron chi connectivity index (χ1n) is 8.92. The van der Waals surface area contributed by atoms with E-state index >= 15 is 0 Å². The van der Waals surface area contributed by atoms with E-state index in [1.165, 1.54) is 24.3 Å². The van der Waals surface area contributed by atoms with Gasteiger partial charge in [0.15, 0.2) is 0 Å². The molecule has 0 saturated heterocycles. The van der Waals surface area contributed by atoms with Gasteiger partial charge in [0.1, 0.15) is 12.4 Å². The monoisotopic (exact) mass is 390 g/mol. The van der Waals surface area contributed by atoms with Crippen molar-refractivity contribution in [2.75, 3.05) is 13.2 Å². The molecule has 0 spiro atoms. The number of sulfonamides is 1. The van der Waals surface area contributed by atoms with Crippen molar-refractivity contribution in [1.82, 2.24) is 10.0 Å². The molecule has 0 heterocycles. The summed E-state index contributed by atoms with van der Waals surface area (Å²) >= 11 is 0. The van der Waals surface area contributed by atoms with Gasteiger partial charge in [-0.05, 0) is 62.2 Å². The molecule has 6 nitrogen and oxygen atoms in total. The van der Waals surface area contributed by atoms with Gasteiger partial charge in [-0.1, -0.05) is 19.1 Å². The molecule has 1 unspecified atom stereocenters. The second-order valence-corrected chi connectivity index (χ2v) is 8.09. The Morgan fingerprint density at radius 2 is 1.85 bits per heavy atom. The van der Waals surface area contributed by atoms with Crippen LogP contribution >= 0.6 is 0 Å².